The smallest absolute Gasteiger partial charge is 0.409 e. The second kappa shape index (κ2) is 7.82. The number of aliphatic imine (C=N–C) groups is 1. The van der Waals surface area contributed by atoms with Crippen LogP contribution in [0.2, 0.25) is 0 Å². The number of piperidine rings is 1. The highest BCUT2D eigenvalue weighted by atomic mass is 16.6. The molecule has 0 bridgehead atoms. The van der Waals surface area contributed by atoms with Gasteiger partial charge in [-0.05, 0) is 31.9 Å². The van der Waals surface area contributed by atoms with Crippen molar-refractivity contribution in [3.05, 3.63) is 30.2 Å². The van der Waals surface area contributed by atoms with Gasteiger partial charge in [-0.3, -0.25) is 4.40 Å². The first-order valence-corrected chi connectivity index (χ1v) is 8.44. The molecule has 2 aromatic heterocycles. The van der Waals surface area contributed by atoms with E-state index in [1.54, 1.807) is 4.90 Å². The van der Waals surface area contributed by atoms with Crippen LogP contribution >= 0.6 is 0 Å². The molecule has 0 radical (unpaired) electrons. The largest absolute Gasteiger partial charge is 0.450 e. The Labute approximate surface area is 145 Å². The van der Waals surface area contributed by atoms with Crippen LogP contribution in [0.4, 0.5) is 4.79 Å². The van der Waals surface area contributed by atoms with E-state index in [9.17, 15) is 4.79 Å². The monoisotopic (exact) mass is 345 g/mol. The molecule has 1 saturated heterocycles. The van der Waals surface area contributed by atoms with Crippen LogP contribution in [0.15, 0.2) is 29.4 Å². The van der Waals surface area contributed by atoms with Crippen molar-refractivity contribution < 1.29 is 9.53 Å². The van der Waals surface area contributed by atoms with Crippen molar-refractivity contribution in [2.24, 2.45) is 10.7 Å². The third kappa shape index (κ3) is 4.17. The molecule has 9 nitrogen and oxygen atoms in total. The summed E-state index contributed by atoms with van der Waals surface area (Å²) in [5, 5.41) is 11.4. The number of amides is 1. The molecule has 3 rings (SSSR count). The van der Waals surface area contributed by atoms with E-state index < -0.39 is 0 Å². The number of rotatable bonds is 4. The molecule has 2 aromatic rings. The topological polar surface area (TPSA) is 110 Å². The Morgan fingerprint density at radius 3 is 2.96 bits per heavy atom. The second-order valence-electron chi connectivity index (χ2n) is 5.85. The molecule has 1 amide bonds. The van der Waals surface area contributed by atoms with Gasteiger partial charge in [0.2, 0.25) is 0 Å². The zero-order chi connectivity index (χ0) is 17.6. The van der Waals surface area contributed by atoms with Crippen LogP contribution < -0.4 is 11.1 Å². The van der Waals surface area contributed by atoms with Crippen LogP contribution in [-0.4, -0.2) is 57.3 Å². The minimum absolute atomic E-state index is 0.199. The van der Waals surface area contributed by atoms with E-state index in [0.717, 1.165) is 24.3 Å². The molecule has 1 aliphatic heterocycles. The van der Waals surface area contributed by atoms with Crippen LogP contribution in [0.5, 0.6) is 0 Å². The Morgan fingerprint density at radius 1 is 1.40 bits per heavy atom. The number of aromatic nitrogens is 3. The molecule has 0 atom stereocenters. The average molecular weight is 345 g/mol. The van der Waals surface area contributed by atoms with Crippen molar-refractivity contribution in [2.75, 3.05) is 19.7 Å². The third-order valence-corrected chi connectivity index (χ3v) is 4.15. The van der Waals surface area contributed by atoms with E-state index >= 15 is 0 Å². The van der Waals surface area contributed by atoms with Gasteiger partial charge >= 0.3 is 6.09 Å². The van der Waals surface area contributed by atoms with E-state index in [2.05, 4.69) is 20.5 Å². The summed E-state index contributed by atoms with van der Waals surface area (Å²) < 4.78 is 6.90. The molecule has 0 aromatic carbocycles. The number of hydrogen-bond donors (Lipinski definition) is 2. The number of guanidine groups is 1. The van der Waals surface area contributed by atoms with Gasteiger partial charge in [-0.15, -0.1) is 10.2 Å². The van der Waals surface area contributed by atoms with Crippen LogP contribution in [0.3, 0.4) is 0 Å². The molecule has 0 spiro atoms. The number of ether oxygens (including phenoxy) is 1. The fourth-order valence-corrected chi connectivity index (χ4v) is 2.83. The van der Waals surface area contributed by atoms with Crippen LogP contribution in [0.1, 0.15) is 25.6 Å². The number of hydrogen-bond acceptors (Lipinski definition) is 5. The number of nitrogens with one attached hydrogen (secondary N) is 1. The van der Waals surface area contributed by atoms with Crippen molar-refractivity contribution >= 4 is 17.7 Å². The highest BCUT2D eigenvalue weighted by molar-refractivity contribution is 5.78. The highest BCUT2D eigenvalue weighted by Crippen LogP contribution is 2.11. The number of carbonyl (C=O) groups is 1. The highest BCUT2D eigenvalue weighted by Gasteiger charge is 2.23. The zero-order valence-electron chi connectivity index (χ0n) is 14.3. The van der Waals surface area contributed by atoms with Gasteiger partial charge in [-0.25, -0.2) is 9.79 Å². The summed E-state index contributed by atoms with van der Waals surface area (Å²) in [6.07, 6.45) is 3.27. The Morgan fingerprint density at radius 2 is 2.20 bits per heavy atom. The molecule has 1 aliphatic rings. The normalized spacial score (nSPS) is 16.2. The zero-order valence-corrected chi connectivity index (χ0v) is 14.3. The lowest BCUT2D eigenvalue weighted by atomic mass is 10.1. The standard InChI is InChI=1S/C16H23N7O2/c1-2-25-16(24)22-9-6-12(7-10-22)19-15(17)18-11-14-21-20-13-5-3-4-8-23(13)14/h3-5,8,12H,2,6-7,9-11H2,1H3,(H3,17,18,19). The Kier molecular flexibility index (Phi) is 5.32. The van der Waals surface area contributed by atoms with Crippen molar-refractivity contribution in [2.45, 2.75) is 32.4 Å². The Balaban J connectivity index is 1.50. The van der Waals surface area contributed by atoms with Gasteiger partial charge in [0.05, 0.1) is 6.61 Å². The Hall–Kier alpha value is -2.84. The van der Waals surface area contributed by atoms with E-state index in [1.807, 2.05) is 35.7 Å². The number of nitrogens with two attached hydrogens (primary N) is 1. The fraction of sp³-hybridized carbons (Fsp3) is 0.500. The first-order chi connectivity index (χ1) is 12.2. The van der Waals surface area contributed by atoms with Crippen molar-refractivity contribution in [3.63, 3.8) is 0 Å². The summed E-state index contributed by atoms with van der Waals surface area (Å²) >= 11 is 0. The van der Waals surface area contributed by atoms with Gasteiger partial charge in [0.25, 0.3) is 0 Å². The molecular formula is C16H23N7O2. The summed E-state index contributed by atoms with van der Waals surface area (Å²) in [5.74, 6) is 1.11. The molecule has 3 heterocycles. The first-order valence-electron chi connectivity index (χ1n) is 8.44. The van der Waals surface area contributed by atoms with Gasteiger partial charge in [0.1, 0.15) is 6.54 Å². The lowest BCUT2D eigenvalue weighted by Crippen LogP contribution is -2.48. The first kappa shape index (κ1) is 17.0. The second-order valence-corrected chi connectivity index (χ2v) is 5.85. The van der Waals surface area contributed by atoms with Crippen LogP contribution in [-0.2, 0) is 11.3 Å². The molecule has 25 heavy (non-hydrogen) atoms. The van der Waals surface area contributed by atoms with Crippen molar-refractivity contribution in [1.82, 2.24) is 24.8 Å². The van der Waals surface area contributed by atoms with E-state index in [4.69, 9.17) is 10.5 Å². The van der Waals surface area contributed by atoms with Gasteiger partial charge < -0.3 is 20.7 Å². The van der Waals surface area contributed by atoms with Crippen LogP contribution in [0, 0.1) is 0 Å². The number of likely N-dealkylation sites (tertiary alicyclic amines) is 1. The number of fused-ring (bicyclic) bond motifs is 1. The molecule has 134 valence electrons. The summed E-state index contributed by atoms with van der Waals surface area (Å²) in [5.41, 5.74) is 6.77. The molecule has 0 saturated carbocycles. The number of carbonyl (C=O) groups excluding carboxylic acids is 1. The fourth-order valence-electron chi connectivity index (χ4n) is 2.83. The molecule has 9 heteroatoms. The SMILES string of the molecule is CCOC(=O)N1CCC(NC(N)=NCc2nnc3ccccn23)CC1. The summed E-state index contributed by atoms with van der Waals surface area (Å²) in [7, 11) is 0. The third-order valence-electron chi connectivity index (χ3n) is 4.15. The molecule has 0 aliphatic carbocycles. The maximum Gasteiger partial charge on any atom is 0.409 e. The summed E-state index contributed by atoms with van der Waals surface area (Å²) in [6.45, 7) is 3.86. The lowest BCUT2D eigenvalue weighted by molar-refractivity contribution is 0.0963. The molecular weight excluding hydrogens is 322 g/mol. The van der Waals surface area contributed by atoms with Crippen molar-refractivity contribution in [1.29, 1.82) is 0 Å². The summed E-state index contributed by atoms with van der Waals surface area (Å²) in [6, 6.07) is 5.92. The quantitative estimate of drug-likeness (QED) is 0.625. The number of pyridine rings is 1. The van der Waals surface area contributed by atoms with E-state index in [-0.39, 0.29) is 12.1 Å². The van der Waals surface area contributed by atoms with Gasteiger partial charge in [0, 0.05) is 25.3 Å². The maximum absolute atomic E-state index is 11.7. The minimum Gasteiger partial charge on any atom is -0.450 e. The minimum atomic E-state index is -0.249. The van der Waals surface area contributed by atoms with Gasteiger partial charge in [0.15, 0.2) is 17.4 Å². The molecule has 3 N–H and O–H groups in total. The van der Waals surface area contributed by atoms with Gasteiger partial charge in [-0.2, -0.15) is 0 Å². The van der Waals surface area contributed by atoms with Crippen LogP contribution in [0.25, 0.3) is 5.65 Å². The maximum atomic E-state index is 11.7. The Bertz CT molecular complexity index is 750. The van der Waals surface area contributed by atoms with E-state index in [1.165, 1.54) is 0 Å². The van der Waals surface area contributed by atoms with E-state index in [0.29, 0.717) is 32.2 Å². The molecule has 0 unspecified atom stereocenters. The van der Waals surface area contributed by atoms with Gasteiger partial charge in [-0.1, -0.05) is 6.07 Å². The summed E-state index contributed by atoms with van der Waals surface area (Å²) in [4.78, 5) is 17.8. The number of nitrogens with zero attached hydrogens (tertiary/aromatic N) is 5. The average Bonchev–Trinajstić information content (AvgIpc) is 3.04. The lowest BCUT2D eigenvalue weighted by Gasteiger charge is -2.31. The van der Waals surface area contributed by atoms with Crippen molar-refractivity contribution in [3.8, 4) is 0 Å². The predicted molar refractivity (Wildman–Crippen MR) is 93.1 cm³/mol. The molecule has 1 fully saturated rings. The predicted octanol–water partition coefficient (Wildman–Crippen LogP) is 0.755.